The fraction of sp³-hybridized carbons (Fsp3) is 0.533. The van der Waals surface area contributed by atoms with Crippen molar-refractivity contribution >= 4 is 21.8 Å². The summed E-state index contributed by atoms with van der Waals surface area (Å²) in [7, 11) is 0. The van der Waals surface area contributed by atoms with Crippen LogP contribution in [-0.2, 0) is 16.0 Å². The van der Waals surface area contributed by atoms with Crippen molar-refractivity contribution in [2.45, 2.75) is 32.2 Å². The molecule has 0 saturated carbocycles. The maximum Gasteiger partial charge on any atom is 0.223 e. The van der Waals surface area contributed by atoms with Crippen molar-refractivity contribution in [2.24, 2.45) is 0 Å². The van der Waals surface area contributed by atoms with Crippen molar-refractivity contribution in [3.05, 3.63) is 34.1 Å². The Hall–Kier alpha value is -0.940. The lowest BCUT2D eigenvalue weighted by molar-refractivity contribution is -0.133. The lowest BCUT2D eigenvalue weighted by Gasteiger charge is -2.26. The van der Waals surface area contributed by atoms with E-state index in [4.69, 9.17) is 4.74 Å². The van der Waals surface area contributed by atoms with Gasteiger partial charge in [0.1, 0.15) is 5.82 Å². The zero-order valence-corrected chi connectivity index (χ0v) is 13.2. The Kier molecular flexibility index (Phi) is 5.54. The van der Waals surface area contributed by atoms with Gasteiger partial charge in [0, 0.05) is 30.1 Å². The summed E-state index contributed by atoms with van der Waals surface area (Å²) in [6, 6.07) is 4.77. The topological polar surface area (TPSA) is 29.5 Å². The zero-order chi connectivity index (χ0) is 14.5. The van der Waals surface area contributed by atoms with Gasteiger partial charge in [0.2, 0.25) is 5.91 Å². The van der Waals surface area contributed by atoms with Crippen LogP contribution in [0.25, 0.3) is 0 Å². The highest BCUT2D eigenvalue weighted by Crippen LogP contribution is 2.20. The Balaban J connectivity index is 1.95. The minimum Gasteiger partial charge on any atom is -0.380 e. The van der Waals surface area contributed by atoms with Crippen LogP contribution < -0.4 is 0 Å². The average molecular weight is 344 g/mol. The third kappa shape index (κ3) is 4.03. The number of ether oxygens (including phenoxy) is 1. The molecule has 0 bridgehead atoms. The zero-order valence-electron chi connectivity index (χ0n) is 11.6. The van der Waals surface area contributed by atoms with E-state index < -0.39 is 0 Å². The van der Waals surface area contributed by atoms with E-state index in [9.17, 15) is 9.18 Å². The lowest BCUT2D eigenvalue weighted by Crippen LogP contribution is -2.39. The first-order valence-electron chi connectivity index (χ1n) is 6.89. The van der Waals surface area contributed by atoms with Crippen LogP contribution in [0.1, 0.15) is 25.3 Å². The largest absolute Gasteiger partial charge is 0.380 e. The quantitative estimate of drug-likeness (QED) is 0.843. The molecule has 0 spiro atoms. The summed E-state index contributed by atoms with van der Waals surface area (Å²) in [5.41, 5.74) is 0.831. The van der Waals surface area contributed by atoms with Gasteiger partial charge in [-0.25, -0.2) is 4.39 Å². The summed E-state index contributed by atoms with van der Waals surface area (Å²) in [5.74, 6) is -0.161. The molecular weight excluding hydrogens is 325 g/mol. The van der Waals surface area contributed by atoms with Crippen molar-refractivity contribution in [3.8, 4) is 0 Å². The summed E-state index contributed by atoms with van der Waals surface area (Å²) >= 11 is 3.39. The van der Waals surface area contributed by atoms with Crippen molar-refractivity contribution in [3.63, 3.8) is 0 Å². The van der Waals surface area contributed by atoms with Crippen LogP contribution >= 0.6 is 15.9 Å². The van der Waals surface area contributed by atoms with E-state index in [2.05, 4.69) is 15.9 Å². The predicted molar refractivity (Wildman–Crippen MR) is 79.0 cm³/mol. The maximum atomic E-state index is 13.2. The number of carbonyl (C=O) groups excluding carboxylic acids is 1. The van der Waals surface area contributed by atoms with E-state index in [0.29, 0.717) is 32.6 Å². The molecule has 1 fully saturated rings. The Labute approximate surface area is 127 Å². The minimum atomic E-state index is -0.271. The Morgan fingerprint density at radius 3 is 3.10 bits per heavy atom. The van der Waals surface area contributed by atoms with Gasteiger partial charge < -0.3 is 9.64 Å². The molecule has 1 aromatic carbocycles. The Bertz CT molecular complexity index is 481. The van der Waals surface area contributed by atoms with Crippen LogP contribution in [0, 0.1) is 5.82 Å². The highest BCUT2D eigenvalue weighted by atomic mass is 79.9. The molecular formula is C15H19BrFNO2. The van der Waals surface area contributed by atoms with Gasteiger partial charge in [-0.3, -0.25) is 4.79 Å². The van der Waals surface area contributed by atoms with Gasteiger partial charge in [-0.15, -0.1) is 0 Å². The van der Waals surface area contributed by atoms with E-state index in [1.807, 2.05) is 11.8 Å². The number of aryl methyl sites for hydroxylation is 1. The molecule has 1 heterocycles. The third-order valence-corrected chi connectivity index (χ3v) is 4.40. The molecule has 1 unspecified atom stereocenters. The van der Waals surface area contributed by atoms with Crippen LogP contribution in [0.3, 0.4) is 0 Å². The standard InChI is InChI=1S/C15H19BrFNO2/c1-11-6-8-20-9-7-18(11)15(19)5-2-12-10-13(17)3-4-14(12)16/h3-4,10-11H,2,5-9H2,1H3. The lowest BCUT2D eigenvalue weighted by atomic mass is 10.1. The highest BCUT2D eigenvalue weighted by Gasteiger charge is 2.22. The molecule has 1 aromatic rings. The molecule has 0 N–H and O–H groups in total. The number of hydrogen-bond donors (Lipinski definition) is 0. The number of benzene rings is 1. The molecule has 1 atom stereocenters. The molecule has 0 aliphatic carbocycles. The second kappa shape index (κ2) is 7.18. The monoisotopic (exact) mass is 343 g/mol. The first-order chi connectivity index (χ1) is 9.58. The molecule has 1 aliphatic rings. The summed E-state index contributed by atoms with van der Waals surface area (Å²) in [6.07, 6.45) is 1.81. The van der Waals surface area contributed by atoms with Crippen molar-refractivity contribution < 1.29 is 13.9 Å². The van der Waals surface area contributed by atoms with Gasteiger partial charge >= 0.3 is 0 Å². The molecule has 1 saturated heterocycles. The van der Waals surface area contributed by atoms with Gasteiger partial charge in [-0.2, -0.15) is 0 Å². The smallest absolute Gasteiger partial charge is 0.223 e. The summed E-state index contributed by atoms with van der Waals surface area (Å²) < 4.78 is 19.4. The molecule has 1 amide bonds. The van der Waals surface area contributed by atoms with E-state index in [1.165, 1.54) is 12.1 Å². The van der Waals surface area contributed by atoms with E-state index in [1.54, 1.807) is 6.07 Å². The summed E-state index contributed by atoms with van der Waals surface area (Å²) in [6.45, 7) is 4.00. The first-order valence-corrected chi connectivity index (χ1v) is 7.68. The molecule has 5 heteroatoms. The molecule has 1 aliphatic heterocycles. The molecule has 3 nitrogen and oxygen atoms in total. The number of nitrogens with zero attached hydrogens (tertiary/aromatic N) is 1. The molecule has 0 aromatic heterocycles. The second-order valence-electron chi connectivity index (χ2n) is 5.07. The van der Waals surface area contributed by atoms with Gasteiger partial charge in [0.15, 0.2) is 0 Å². The number of carbonyl (C=O) groups is 1. The predicted octanol–water partition coefficient (Wildman–Crippen LogP) is 3.16. The summed E-state index contributed by atoms with van der Waals surface area (Å²) in [5, 5.41) is 0. The average Bonchev–Trinajstić information content (AvgIpc) is 2.64. The van der Waals surface area contributed by atoms with Crippen molar-refractivity contribution in [1.29, 1.82) is 0 Å². The van der Waals surface area contributed by atoms with Gasteiger partial charge in [-0.1, -0.05) is 15.9 Å². The third-order valence-electron chi connectivity index (χ3n) is 3.62. The molecule has 0 radical (unpaired) electrons. The Morgan fingerprint density at radius 1 is 1.50 bits per heavy atom. The highest BCUT2D eigenvalue weighted by molar-refractivity contribution is 9.10. The second-order valence-corrected chi connectivity index (χ2v) is 5.93. The number of amides is 1. The van der Waals surface area contributed by atoms with Crippen molar-refractivity contribution in [2.75, 3.05) is 19.8 Å². The van der Waals surface area contributed by atoms with Crippen molar-refractivity contribution in [1.82, 2.24) is 4.90 Å². The normalized spacial score (nSPS) is 19.8. The van der Waals surface area contributed by atoms with E-state index in [-0.39, 0.29) is 17.8 Å². The minimum absolute atomic E-state index is 0.110. The first kappa shape index (κ1) is 15.4. The Morgan fingerprint density at radius 2 is 2.30 bits per heavy atom. The summed E-state index contributed by atoms with van der Waals surface area (Å²) in [4.78, 5) is 14.2. The van der Waals surface area contributed by atoms with Crippen LogP contribution in [0.15, 0.2) is 22.7 Å². The fourth-order valence-electron chi connectivity index (χ4n) is 2.39. The SMILES string of the molecule is CC1CCOCCN1C(=O)CCc1cc(F)ccc1Br. The molecule has 20 heavy (non-hydrogen) atoms. The van der Waals surface area contributed by atoms with Crippen LogP contribution in [-0.4, -0.2) is 36.6 Å². The van der Waals surface area contributed by atoms with Crippen LogP contribution in [0.4, 0.5) is 4.39 Å². The number of halogens is 2. The van der Waals surface area contributed by atoms with E-state index >= 15 is 0 Å². The van der Waals surface area contributed by atoms with Gasteiger partial charge in [0.05, 0.1) is 6.61 Å². The number of hydrogen-bond acceptors (Lipinski definition) is 2. The van der Waals surface area contributed by atoms with Crippen LogP contribution in [0.5, 0.6) is 0 Å². The molecule has 110 valence electrons. The fourth-order valence-corrected chi connectivity index (χ4v) is 2.83. The number of rotatable bonds is 3. The van der Waals surface area contributed by atoms with E-state index in [0.717, 1.165) is 16.5 Å². The van der Waals surface area contributed by atoms with Crippen LogP contribution in [0.2, 0.25) is 0 Å². The van der Waals surface area contributed by atoms with Gasteiger partial charge in [-0.05, 0) is 43.5 Å². The van der Waals surface area contributed by atoms with Gasteiger partial charge in [0.25, 0.3) is 0 Å². The molecule has 2 rings (SSSR count). The maximum absolute atomic E-state index is 13.2.